The first kappa shape index (κ1) is 11.1. The normalized spacial score (nSPS) is 11.5. The molecule has 0 radical (unpaired) electrons. The Morgan fingerprint density at radius 1 is 1.41 bits per heavy atom. The molecule has 6 nitrogen and oxygen atoms in total. The second-order valence-electron chi connectivity index (χ2n) is 3.37. The van der Waals surface area contributed by atoms with Gasteiger partial charge in [0.2, 0.25) is 5.82 Å². The molecule has 1 aromatic heterocycles. The molecule has 0 bridgehead atoms. The topological polar surface area (TPSA) is 89.2 Å². The summed E-state index contributed by atoms with van der Waals surface area (Å²) in [6.07, 6.45) is 1.46. The molecule has 1 aromatic carbocycles. The summed E-state index contributed by atoms with van der Waals surface area (Å²) in [5.41, 5.74) is 6.77. The van der Waals surface area contributed by atoms with Crippen molar-refractivity contribution in [3.05, 3.63) is 42.0 Å². The lowest BCUT2D eigenvalue weighted by atomic mass is 10.2. The fourth-order valence-electron chi connectivity index (χ4n) is 1.31. The third-order valence-electron chi connectivity index (χ3n) is 2.24. The smallest absolute Gasteiger partial charge is 0.215 e. The fourth-order valence-corrected chi connectivity index (χ4v) is 1.31. The lowest BCUT2D eigenvalue weighted by Crippen LogP contribution is -2.15. The number of amidine groups is 1. The molecule has 0 aliphatic heterocycles. The number of hydrogen-bond donors (Lipinski definition) is 2. The van der Waals surface area contributed by atoms with E-state index in [2.05, 4.69) is 20.2 Å². The zero-order chi connectivity index (χ0) is 12.1. The SMILES string of the molecule is COc1ccc(CN=C(N)c2nc[nH]n2)cc1. The molecule has 0 fully saturated rings. The number of aliphatic imine (C=N–C) groups is 1. The highest BCUT2D eigenvalue weighted by atomic mass is 16.5. The van der Waals surface area contributed by atoms with Crippen molar-refractivity contribution in [3.8, 4) is 5.75 Å². The molecule has 2 rings (SSSR count). The molecule has 17 heavy (non-hydrogen) atoms. The number of methoxy groups -OCH3 is 1. The Hall–Kier alpha value is -2.37. The zero-order valence-electron chi connectivity index (χ0n) is 9.42. The van der Waals surface area contributed by atoms with E-state index in [1.54, 1.807) is 7.11 Å². The molecule has 3 N–H and O–H groups in total. The summed E-state index contributed by atoms with van der Waals surface area (Å²) in [6.45, 7) is 0.490. The third-order valence-corrected chi connectivity index (χ3v) is 2.24. The van der Waals surface area contributed by atoms with E-state index in [-0.39, 0.29) is 0 Å². The molecular formula is C11H13N5O. The summed E-state index contributed by atoms with van der Waals surface area (Å²) >= 11 is 0. The van der Waals surface area contributed by atoms with Crippen molar-refractivity contribution in [2.45, 2.75) is 6.54 Å². The average Bonchev–Trinajstić information content (AvgIpc) is 2.90. The first-order valence-electron chi connectivity index (χ1n) is 5.08. The van der Waals surface area contributed by atoms with Crippen molar-refractivity contribution in [3.63, 3.8) is 0 Å². The van der Waals surface area contributed by atoms with Gasteiger partial charge in [0.1, 0.15) is 12.1 Å². The Morgan fingerprint density at radius 2 is 2.18 bits per heavy atom. The van der Waals surface area contributed by atoms with Gasteiger partial charge in [-0.1, -0.05) is 12.1 Å². The molecule has 0 saturated heterocycles. The summed E-state index contributed by atoms with van der Waals surface area (Å²) in [5.74, 6) is 1.56. The minimum Gasteiger partial charge on any atom is -0.497 e. The third kappa shape index (κ3) is 2.81. The van der Waals surface area contributed by atoms with Crippen molar-refractivity contribution in [1.82, 2.24) is 15.2 Å². The number of ether oxygens (including phenoxy) is 1. The second kappa shape index (κ2) is 5.11. The van der Waals surface area contributed by atoms with Gasteiger partial charge in [-0.3, -0.25) is 10.1 Å². The van der Waals surface area contributed by atoms with E-state index in [0.29, 0.717) is 18.2 Å². The van der Waals surface area contributed by atoms with Crippen LogP contribution < -0.4 is 10.5 Å². The van der Waals surface area contributed by atoms with Crippen LogP contribution in [0.1, 0.15) is 11.4 Å². The maximum absolute atomic E-state index is 5.72. The standard InChI is InChI=1S/C11H13N5O/c1-17-9-4-2-8(3-5-9)6-13-10(12)11-14-7-15-16-11/h2-5,7H,6H2,1H3,(H2,12,13)(H,14,15,16). The van der Waals surface area contributed by atoms with Gasteiger partial charge < -0.3 is 10.5 Å². The average molecular weight is 231 g/mol. The van der Waals surface area contributed by atoms with Crippen LogP contribution >= 0.6 is 0 Å². The number of hydrogen-bond acceptors (Lipinski definition) is 4. The molecule has 0 aliphatic rings. The van der Waals surface area contributed by atoms with Gasteiger partial charge in [0.05, 0.1) is 13.7 Å². The van der Waals surface area contributed by atoms with Gasteiger partial charge in [0.25, 0.3) is 0 Å². The quantitative estimate of drug-likeness (QED) is 0.599. The molecule has 0 amide bonds. The summed E-state index contributed by atoms with van der Waals surface area (Å²) in [6, 6.07) is 7.64. The van der Waals surface area contributed by atoms with Crippen LogP contribution in [0.25, 0.3) is 0 Å². The van der Waals surface area contributed by atoms with Crippen LogP contribution in [-0.4, -0.2) is 28.1 Å². The van der Waals surface area contributed by atoms with Crippen LogP contribution in [-0.2, 0) is 6.54 Å². The van der Waals surface area contributed by atoms with E-state index in [0.717, 1.165) is 11.3 Å². The van der Waals surface area contributed by atoms with Gasteiger partial charge in [-0.2, -0.15) is 5.10 Å². The summed E-state index contributed by atoms with van der Waals surface area (Å²) in [5, 5.41) is 6.43. The lowest BCUT2D eigenvalue weighted by Gasteiger charge is -2.01. The predicted octanol–water partition coefficient (Wildman–Crippen LogP) is 0.719. The Morgan fingerprint density at radius 3 is 2.76 bits per heavy atom. The Balaban J connectivity index is 2.03. The van der Waals surface area contributed by atoms with Crippen LogP contribution in [0, 0.1) is 0 Å². The number of aromatic nitrogens is 3. The van der Waals surface area contributed by atoms with Gasteiger partial charge in [-0.15, -0.1) is 0 Å². The molecule has 0 spiro atoms. The summed E-state index contributed by atoms with van der Waals surface area (Å²) in [7, 11) is 1.63. The Kier molecular flexibility index (Phi) is 3.34. The molecule has 0 saturated carbocycles. The maximum atomic E-state index is 5.72. The number of benzene rings is 1. The Labute approximate surface area is 98.5 Å². The molecule has 1 heterocycles. The van der Waals surface area contributed by atoms with Crippen molar-refractivity contribution < 1.29 is 4.74 Å². The van der Waals surface area contributed by atoms with Crippen LogP contribution in [0.5, 0.6) is 5.75 Å². The highest BCUT2D eigenvalue weighted by molar-refractivity contribution is 5.93. The van der Waals surface area contributed by atoms with Gasteiger partial charge >= 0.3 is 0 Å². The van der Waals surface area contributed by atoms with Gasteiger partial charge in [0.15, 0.2) is 5.84 Å². The summed E-state index contributed by atoms with van der Waals surface area (Å²) < 4.78 is 5.07. The van der Waals surface area contributed by atoms with Crippen LogP contribution in [0.2, 0.25) is 0 Å². The minimum absolute atomic E-state index is 0.321. The summed E-state index contributed by atoms with van der Waals surface area (Å²) in [4.78, 5) is 8.11. The van der Waals surface area contributed by atoms with E-state index in [1.807, 2.05) is 24.3 Å². The van der Waals surface area contributed by atoms with Crippen LogP contribution in [0.4, 0.5) is 0 Å². The van der Waals surface area contributed by atoms with Crippen molar-refractivity contribution >= 4 is 5.84 Å². The van der Waals surface area contributed by atoms with Gasteiger partial charge in [-0.05, 0) is 17.7 Å². The number of aromatic amines is 1. The van der Waals surface area contributed by atoms with Crippen LogP contribution in [0.15, 0.2) is 35.6 Å². The van der Waals surface area contributed by atoms with Crippen molar-refractivity contribution in [1.29, 1.82) is 0 Å². The molecule has 88 valence electrons. The number of nitrogens with one attached hydrogen (secondary N) is 1. The molecule has 0 atom stereocenters. The molecule has 2 aromatic rings. The number of nitrogens with two attached hydrogens (primary N) is 1. The molecule has 0 unspecified atom stereocenters. The molecule has 0 aliphatic carbocycles. The van der Waals surface area contributed by atoms with Crippen LogP contribution in [0.3, 0.4) is 0 Å². The predicted molar refractivity (Wildman–Crippen MR) is 63.8 cm³/mol. The second-order valence-corrected chi connectivity index (χ2v) is 3.37. The highest BCUT2D eigenvalue weighted by Crippen LogP contribution is 2.11. The molecule has 6 heteroatoms. The van der Waals surface area contributed by atoms with E-state index >= 15 is 0 Å². The monoisotopic (exact) mass is 231 g/mol. The first-order chi connectivity index (χ1) is 8.29. The largest absolute Gasteiger partial charge is 0.497 e. The number of H-pyrrole nitrogens is 1. The number of nitrogens with zero attached hydrogens (tertiary/aromatic N) is 3. The highest BCUT2D eigenvalue weighted by Gasteiger charge is 2.01. The molecular weight excluding hydrogens is 218 g/mol. The van der Waals surface area contributed by atoms with E-state index in [4.69, 9.17) is 10.5 Å². The number of rotatable bonds is 4. The van der Waals surface area contributed by atoms with Crippen molar-refractivity contribution in [2.24, 2.45) is 10.7 Å². The fraction of sp³-hybridized carbons (Fsp3) is 0.182. The lowest BCUT2D eigenvalue weighted by molar-refractivity contribution is 0.414. The zero-order valence-corrected chi connectivity index (χ0v) is 9.42. The first-order valence-corrected chi connectivity index (χ1v) is 5.08. The van der Waals surface area contributed by atoms with Gasteiger partial charge in [0, 0.05) is 0 Å². The van der Waals surface area contributed by atoms with Gasteiger partial charge in [-0.25, -0.2) is 4.98 Å². The minimum atomic E-state index is 0.321. The van der Waals surface area contributed by atoms with Crippen molar-refractivity contribution in [2.75, 3.05) is 7.11 Å². The maximum Gasteiger partial charge on any atom is 0.215 e. The van der Waals surface area contributed by atoms with E-state index < -0.39 is 0 Å². The van der Waals surface area contributed by atoms with E-state index in [9.17, 15) is 0 Å². The van der Waals surface area contributed by atoms with E-state index in [1.165, 1.54) is 6.33 Å². The Bertz CT molecular complexity index is 489.